The zero-order chi connectivity index (χ0) is 16.1. The van der Waals surface area contributed by atoms with Gasteiger partial charge in [0, 0.05) is 30.9 Å². The minimum Gasteiger partial charge on any atom is -0.377 e. The number of pyridine rings is 1. The predicted octanol–water partition coefficient (Wildman–Crippen LogP) is 4.07. The number of ketones is 1. The molecule has 1 aliphatic heterocycles. The van der Waals surface area contributed by atoms with Crippen LogP contribution < -0.4 is 0 Å². The van der Waals surface area contributed by atoms with Gasteiger partial charge in [0.2, 0.25) is 5.78 Å². The molecule has 3 nitrogen and oxygen atoms in total. The van der Waals surface area contributed by atoms with E-state index in [1.165, 1.54) is 31.4 Å². The highest BCUT2D eigenvalue weighted by atomic mass is 19.1. The van der Waals surface area contributed by atoms with Gasteiger partial charge in [-0.05, 0) is 55.7 Å². The molecule has 0 amide bonds. The van der Waals surface area contributed by atoms with Crippen molar-refractivity contribution in [2.24, 2.45) is 0 Å². The Morgan fingerprint density at radius 1 is 1.04 bits per heavy atom. The summed E-state index contributed by atoms with van der Waals surface area (Å²) in [6.45, 7) is 2.01. The van der Waals surface area contributed by atoms with Crippen LogP contribution in [0.15, 0.2) is 54.7 Å². The van der Waals surface area contributed by atoms with E-state index in [0.717, 1.165) is 18.7 Å². The van der Waals surface area contributed by atoms with E-state index >= 15 is 0 Å². The van der Waals surface area contributed by atoms with Crippen molar-refractivity contribution in [2.45, 2.75) is 19.3 Å². The molecular weight excluding hydrogens is 291 g/mol. The Hall–Kier alpha value is -2.49. The average Bonchev–Trinajstić information content (AvgIpc) is 2.61. The van der Waals surface area contributed by atoms with Gasteiger partial charge in [-0.15, -0.1) is 0 Å². The largest absolute Gasteiger partial charge is 0.377 e. The zero-order valence-electron chi connectivity index (χ0n) is 12.9. The number of halogens is 1. The third-order valence-corrected chi connectivity index (χ3v) is 3.97. The van der Waals surface area contributed by atoms with Gasteiger partial charge < -0.3 is 4.90 Å². The summed E-state index contributed by atoms with van der Waals surface area (Å²) < 4.78 is 13.0. The van der Waals surface area contributed by atoms with Crippen molar-refractivity contribution in [3.05, 3.63) is 66.3 Å². The molecule has 3 rings (SSSR count). The van der Waals surface area contributed by atoms with E-state index in [9.17, 15) is 9.18 Å². The summed E-state index contributed by atoms with van der Waals surface area (Å²) in [5, 5.41) is 0. The van der Waals surface area contributed by atoms with Crippen LogP contribution in [0.5, 0.6) is 0 Å². The van der Waals surface area contributed by atoms with E-state index < -0.39 is 0 Å². The number of carbonyl (C=O) groups is 1. The summed E-state index contributed by atoms with van der Waals surface area (Å²) in [7, 11) is 0. The quantitative estimate of drug-likeness (QED) is 0.630. The number of piperidine rings is 1. The average molecular weight is 310 g/mol. The molecule has 23 heavy (non-hydrogen) atoms. The van der Waals surface area contributed by atoms with Crippen LogP contribution in [0.3, 0.4) is 0 Å². The first-order chi connectivity index (χ1) is 11.2. The van der Waals surface area contributed by atoms with Crippen LogP contribution >= 0.6 is 0 Å². The third kappa shape index (κ3) is 4.03. The number of hydrogen-bond acceptors (Lipinski definition) is 3. The fraction of sp³-hybridized carbons (Fsp3) is 0.263. The summed E-state index contributed by atoms with van der Waals surface area (Å²) in [6, 6.07) is 11.4. The standard InChI is InChI=1S/C19H19FN2O/c20-16-9-7-15(8-10-16)17-5-4-6-18(21-17)19(23)11-14-22-12-2-1-3-13-22/h4-11,14H,1-3,12-13H2. The number of rotatable bonds is 4. The SMILES string of the molecule is O=C(C=CN1CCCCC1)c1cccc(-c2ccc(F)cc2)n1. The van der Waals surface area contributed by atoms with Gasteiger partial charge in [0.15, 0.2) is 0 Å². The molecule has 0 unspecified atom stereocenters. The van der Waals surface area contributed by atoms with Gasteiger partial charge in [0.1, 0.15) is 11.5 Å². The molecule has 118 valence electrons. The predicted molar refractivity (Wildman–Crippen MR) is 88.5 cm³/mol. The summed E-state index contributed by atoms with van der Waals surface area (Å²) in [6.07, 6.45) is 7.07. The molecule has 1 aromatic carbocycles. The van der Waals surface area contributed by atoms with Gasteiger partial charge in [-0.3, -0.25) is 4.79 Å². The minimum atomic E-state index is -0.287. The normalized spacial score (nSPS) is 15.1. The molecular formula is C19H19FN2O. The smallest absolute Gasteiger partial charge is 0.205 e. The number of allylic oxidation sites excluding steroid dienone is 1. The Morgan fingerprint density at radius 2 is 1.78 bits per heavy atom. The van der Waals surface area contributed by atoms with Crippen LogP contribution in [0.4, 0.5) is 4.39 Å². The lowest BCUT2D eigenvalue weighted by Gasteiger charge is -2.24. The summed E-state index contributed by atoms with van der Waals surface area (Å²) >= 11 is 0. The van der Waals surface area contributed by atoms with Gasteiger partial charge in [-0.2, -0.15) is 0 Å². The van der Waals surface area contributed by atoms with Crippen LogP contribution in [0.25, 0.3) is 11.3 Å². The van der Waals surface area contributed by atoms with Crippen molar-refractivity contribution in [1.82, 2.24) is 9.88 Å². The first-order valence-corrected chi connectivity index (χ1v) is 7.92. The van der Waals surface area contributed by atoms with Gasteiger partial charge >= 0.3 is 0 Å². The Balaban J connectivity index is 1.74. The fourth-order valence-electron chi connectivity index (χ4n) is 2.68. The Kier molecular flexibility index (Phi) is 4.81. The maximum atomic E-state index is 13.0. The molecule has 0 aliphatic carbocycles. The summed E-state index contributed by atoms with van der Waals surface area (Å²) in [5.74, 6) is -0.398. The minimum absolute atomic E-state index is 0.112. The van der Waals surface area contributed by atoms with E-state index in [1.807, 2.05) is 12.3 Å². The van der Waals surface area contributed by atoms with Crippen molar-refractivity contribution in [3.8, 4) is 11.3 Å². The van der Waals surface area contributed by atoms with Gasteiger partial charge in [-0.25, -0.2) is 9.37 Å². The second kappa shape index (κ2) is 7.18. The topological polar surface area (TPSA) is 33.2 Å². The molecule has 4 heteroatoms. The van der Waals surface area contributed by atoms with E-state index in [4.69, 9.17) is 0 Å². The maximum absolute atomic E-state index is 13.0. The van der Waals surface area contributed by atoms with Gasteiger partial charge in [-0.1, -0.05) is 6.07 Å². The van der Waals surface area contributed by atoms with Crippen LogP contribution in [-0.4, -0.2) is 28.8 Å². The number of benzene rings is 1. The highest BCUT2D eigenvalue weighted by Gasteiger charge is 2.09. The molecule has 0 radical (unpaired) electrons. The van der Waals surface area contributed by atoms with Crippen LogP contribution in [0.1, 0.15) is 29.8 Å². The molecule has 0 bridgehead atoms. The lowest BCUT2D eigenvalue weighted by molar-refractivity contribution is 0.104. The van der Waals surface area contributed by atoms with E-state index in [0.29, 0.717) is 11.4 Å². The number of hydrogen-bond donors (Lipinski definition) is 0. The summed E-state index contributed by atoms with van der Waals surface area (Å²) in [4.78, 5) is 18.9. The van der Waals surface area contributed by atoms with E-state index in [-0.39, 0.29) is 11.6 Å². The lowest BCUT2D eigenvalue weighted by Crippen LogP contribution is -2.24. The zero-order valence-corrected chi connectivity index (χ0v) is 12.9. The highest BCUT2D eigenvalue weighted by Crippen LogP contribution is 2.18. The molecule has 0 spiro atoms. The monoisotopic (exact) mass is 310 g/mol. The van der Waals surface area contributed by atoms with Crippen LogP contribution in [0.2, 0.25) is 0 Å². The fourth-order valence-corrected chi connectivity index (χ4v) is 2.68. The van der Waals surface area contributed by atoms with Crippen molar-refractivity contribution < 1.29 is 9.18 Å². The molecule has 1 aromatic heterocycles. The molecule has 1 aliphatic rings. The second-order valence-electron chi connectivity index (χ2n) is 5.69. The van der Waals surface area contributed by atoms with E-state index in [2.05, 4.69) is 9.88 Å². The number of likely N-dealkylation sites (tertiary alicyclic amines) is 1. The molecule has 2 heterocycles. The van der Waals surface area contributed by atoms with Crippen molar-refractivity contribution in [1.29, 1.82) is 0 Å². The van der Waals surface area contributed by atoms with Crippen LogP contribution in [-0.2, 0) is 0 Å². The number of nitrogens with zero attached hydrogens (tertiary/aromatic N) is 2. The highest BCUT2D eigenvalue weighted by molar-refractivity contribution is 6.03. The number of aromatic nitrogens is 1. The third-order valence-electron chi connectivity index (χ3n) is 3.97. The van der Waals surface area contributed by atoms with Crippen molar-refractivity contribution in [3.63, 3.8) is 0 Å². The van der Waals surface area contributed by atoms with Gasteiger partial charge in [0.05, 0.1) is 5.69 Å². The van der Waals surface area contributed by atoms with Gasteiger partial charge in [0.25, 0.3) is 0 Å². The Bertz CT molecular complexity index is 704. The maximum Gasteiger partial charge on any atom is 0.205 e. The van der Waals surface area contributed by atoms with Crippen molar-refractivity contribution in [2.75, 3.05) is 13.1 Å². The summed E-state index contributed by atoms with van der Waals surface area (Å²) in [5.41, 5.74) is 1.86. The van der Waals surface area contributed by atoms with Crippen LogP contribution in [0, 0.1) is 5.82 Å². The Morgan fingerprint density at radius 3 is 2.52 bits per heavy atom. The molecule has 1 fully saturated rings. The molecule has 0 N–H and O–H groups in total. The second-order valence-corrected chi connectivity index (χ2v) is 5.69. The number of carbonyl (C=O) groups excluding carboxylic acids is 1. The molecule has 0 saturated carbocycles. The first-order valence-electron chi connectivity index (χ1n) is 7.92. The lowest BCUT2D eigenvalue weighted by atomic mass is 10.1. The molecule has 2 aromatic rings. The molecule has 1 saturated heterocycles. The van der Waals surface area contributed by atoms with E-state index in [1.54, 1.807) is 30.3 Å². The molecule has 0 atom stereocenters. The Labute approximate surface area is 135 Å². The first kappa shape index (κ1) is 15.4. The van der Waals surface area contributed by atoms with Crippen molar-refractivity contribution >= 4 is 5.78 Å².